The molecule has 0 N–H and O–H groups in total. The van der Waals surface area contributed by atoms with Gasteiger partial charge in [-0.15, -0.1) is 0 Å². The Kier molecular flexibility index (Phi) is 9.17. The number of hydrogen-bond acceptors (Lipinski definition) is 6. The molecule has 1 amide bonds. The molecular weight excluding hydrogens is 623 g/mol. The van der Waals surface area contributed by atoms with Gasteiger partial charge in [-0.25, -0.2) is 13.2 Å². The monoisotopic (exact) mass is 654 g/mol. The zero-order valence-electron chi connectivity index (χ0n) is 23.0. The van der Waals surface area contributed by atoms with Crippen molar-refractivity contribution >= 4 is 21.8 Å². The van der Waals surface area contributed by atoms with Crippen LogP contribution in [0.4, 0.5) is 50.0 Å². The number of nitrogens with zero attached hydrogens (tertiary/aromatic N) is 4. The van der Waals surface area contributed by atoms with Crippen LogP contribution in [0.5, 0.6) is 0 Å². The standard InChI is InChI=1S/C25H31F9N4O4S/c1-43(40,41)38-8-2-5-22(38)6-9-36(10-7-22)19-15-18(23(26,27)28)4-3-17(19)16-35-11-13-37(14-12-35)21(39)42-20(24(29,30)31)25(32,33)34/h3-4,15,20H,2,5-14,16H2,1H3. The molecule has 1 aromatic rings. The molecule has 3 saturated heterocycles. The number of alkyl halides is 9. The van der Waals surface area contributed by atoms with E-state index in [1.165, 1.54) is 10.4 Å². The van der Waals surface area contributed by atoms with Crippen molar-refractivity contribution in [2.24, 2.45) is 0 Å². The maximum Gasteiger partial charge on any atom is 0.434 e. The lowest BCUT2D eigenvalue weighted by atomic mass is 9.85. The highest BCUT2D eigenvalue weighted by Crippen LogP contribution is 2.42. The minimum atomic E-state index is -5.84. The molecule has 3 heterocycles. The number of benzene rings is 1. The average Bonchev–Trinajstić information content (AvgIpc) is 3.30. The zero-order valence-corrected chi connectivity index (χ0v) is 23.8. The normalized spacial score (nSPS) is 21.2. The molecule has 1 spiro atoms. The summed E-state index contributed by atoms with van der Waals surface area (Å²) in [5, 5.41) is 0. The number of carbonyl (C=O) groups is 1. The van der Waals surface area contributed by atoms with Crippen LogP contribution in [-0.2, 0) is 27.5 Å². The van der Waals surface area contributed by atoms with E-state index in [9.17, 15) is 52.7 Å². The van der Waals surface area contributed by atoms with Gasteiger partial charge < -0.3 is 14.5 Å². The summed E-state index contributed by atoms with van der Waals surface area (Å²) in [4.78, 5) is 16.3. The third-order valence-corrected chi connectivity index (χ3v) is 9.59. The highest BCUT2D eigenvalue weighted by Gasteiger charge is 2.60. The van der Waals surface area contributed by atoms with Crippen LogP contribution in [-0.4, -0.2) is 105 Å². The molecule has 4 rings (SSSR count). The topological polar surface area (TPSA) is 73.4 Å². The molecule has 3 aliphatic heterocycles. The van der Waals surface area contributed by atoms with E-state index in [0.29, 0.717) is 61.5 Å². The van der Waals surface area contributed by atoms with E-state index in [1.54, 1.807) is 9.80 Å². The third kappa shape index (κ3) is 7.61. The van der Waals surface area contributed by atoms with Gasteiger partial charge in [-0.3, -0.25) is 4.90 Å². The molecule has 8 nitrogen and oxygen atoms in total. The average molecular weight is 655 g/mol. The van der Waals surface area contributed by atoms with Crippen LogP contribution in [0.25, 0.3) is 0 Å². The fourth-order valence-corrected chi connectivity index (χ4v) is 7.52. The van der Waals surface area contributed by atoms with Crippen LogP contribution in [0.2, 0.25) is 0 Å². The first-order valence-corrected chi connectivity index (χ1v) is 15.3. The van der Waals surface area contributed by atoms with Gasteiger partial charge >= 0.3 is 24.6 Å². The summed E-state index contributed by atoms with van der Waals surface area (Å²) in [6.45, 7) is 0.617. The maximum atomic E-state index is 13.6. The molecule has 0 aromatic heterocycles. The molecule has 43 heavy (non-hydrogen) atoms. The number of amides is 1. The molecule has 1 aromatic carbocycles. The van der Waals surface area contributed by atoms with Gasteiger partial charge in [0.2, 0.25) is 10.0 Å². The van der Waals surface area contributed by atoms with E-state index in [1.807, 2.05) is 0 Å². The number of rotatable bonds is 5. The van der Waals surface area contributed by atoms with Crippen LogP contribution in [0.15, 0.2) is 18.2 Å². The van der Waals surface area contributed by atoms with E-state index in [2.05, 4.69) is 4.74 Å². The molecule has 0 unspecified atom stereocenters. The maximum absolute atomic E-state index is 13.6. The molecule has 3 fully saturated rings. The lowest BCUT2D eigenvalue weighted by molar-refractivity contribution is -0.308. The fourth-order valence-electron chi connectivity index (χ4n) is 6.09. The Balaban J connectivity index is 1.45. The Morgan fingerprint density at radius 1 is 0.884 bits per heavy atom. The van der Waals surface area contributed by atoms with Crippen molar-refractivity contribution in [3.05, 3.63) is 29.3 Å². The number of carbonyl (C=O) groups excluding carboxylic acids is 1. The summed E-state index contributed by atoms with van der Waals surface area (Å²) < 4.78 is 147. The van der Waals surface area contributed by atoms with E-state index >= 15 is 0 Å². The van der Waals surface area contributed by atoms with Crippen molar-refractivity contribution in [3.63, 3.8) is 0 Å². The lowest BCUT2D eigenvalue weighted by Gasteiger charge is -2.45. The summed E-state index contributed by atoms with van der Waals surface area (Å²) in [5.74, 6) is 0. The molecule has 0 aliphatic carbocycles. The lowest BCUT2D eigenvalue weighted by Crippen LogP contribution is -2.54. The number of sulfonamides is 1. The van der Waals surface area contributed by atoms with Gasteiger partial charge in [0.15, 0.2) is 0 Å². The van der Waals surface area contributed by atoms with Crippen LogP contribution >= 0.6 is 0 Å². The van der Waals surface area contributed by atoms with E-state index in [0.717, 1.165) is 18.4 Å². The van der Waals surface area contributed by atoms with Crippen molar-refractivity contribution in [2.45, 2.75) is 62.4 Å². The van der Waals surface area contributed by atoms with E-state index in [-0.39, 0.29) is 32.7 Å². The van der Waals surface area contributed by atoms with Crippen LogP contribution < -0.4 is 4.90 Å². The van der Waals surface area contributed by atoms with E-state index in [4.69, 9.17) is 0 Å². The second kappa shape index (κ2) is 11.8. The van der Waals surface area contributed by atoms with Crippen molar-refractivity contribution in [1.29, 1.82) is 0 Å². The Bertz CT molecular complexity index is 1260. The van der Waals surface area contributed by atoms with Gasteiger partial charge in [0, 0.05) is 63.6 Å². The minimum Gasteiger partial charge on any atom is -0.426 e. The van der Waals surface area contributed by atoms with Crippen LogP contribution in [0.1, 0.15) is 36.8 Å². The highest BCUT2D eigenvalue weighted by atomic mass is 32.2. The summed E-state index contributed by atoms with van der Waals surface area (Å²) >= 11 is 0. The zero-order chi connectivity index (χ0) is 32.0. The SMILES string of the molecule is CS(=O)(=O)N1CCCC12CCN(c1cc(C(F)(F)F)ccc1CN1CCN(C(=O)OC(C(F)(F)F)C(F)(F)F)CC1)CC2. The smallest absolute Gasteiger partial charge is 0.426 e. The first-order valence-electron chi connectivity index (χ1n) is 13.4. The Labute approximate surface area is 242 Å². The molecule has 0 saturated carbocycles. The van der Waals surface area contributed by atoms with Crippen LogP contribution in [0.3, 0.4) is 0 Å². The third-order valence-electron chi connectivity index (χ3n) is 8.22. The largest absolute Gasteiger partial charge is 0.434 e. The Morgan fingerprint density at radius 3 is 1.98 bits per heavy atom. The highest BCUT2D eigenvalue weighted by molar-refractivity contribution is 7.88. The number of anilines is 1. The molecule has 0 atom stereocenters. The molecule has 0 radical (unpaired) electrons. The number of halogens is 9. The van der Waals surface area contributed by atoms with Gasteiger partial charge in [-0.05, 0) is 43.4 Å². The van der Waals surface area contributed by atoms with Gasteiger partial charge in [-0.1, -0.05) is 6.07 Å². The molecule has 18 heteroatoms. The van der Waals surface area contributed by atoms with E-state index < -0.39 is 51.9 Å². The summed E-state index contributed by atoms with van der Waals surface area (Å²) in [6.07, 6.45) is -19.0. The van der Waals surface area contributed by atoms with Crippen molar-refractivity contribution in [1.82, 2.24) is 14.1 Å². The Hall–Kier alpha value is -2.47. The van der Waals surface area contributed by atoms with Crippen LogP contribution in [0, 0.1) is 0 Å². The Morgan fingerprint density at radius 2 is 1.47 bits per heavy atom. The van der Waals surface area contributed by atoms with Crippen molar-refractivity contribution in [2.75, 3.05) is 57.0 Å². The fraction of sp³-hybridized carbons (Fsp3) is 0.720. The van der Waals surface area contributed by atoms with Gasteiger partial charge in [-0.2, -0.15) is 43.8 Å². The predicted octanol–water partition coefficient (Wildman–Crippen LogP) is 4.85. The summed E-state index contributed by atoms with van der Waals surface area (Å²) in [5.41, 5.74) is -0.663. The van der Waals surface area contributed by atoms with Crippen molar-refractivity contribution in [3.8, 4) is 0 Å². The predicted molar refractivity (Wildman–Crippen MR) is 136 cm³/mol. The molecule has 244 valence electrons. The van der Waals surface area contributed by atoms with Crippen molar-refractivity contribution < 1.29 is 57.5 Å². The van der Waals surface area contributed by atoms with Gasteiger partial charge in [0.05, 0.1) is 11.8 Å². The summed E-state index contributed by atoms with van der Waals surface area (Å²) in [7, 11) is -3.47. The number of ether oxygens (including phenoxy) is 1. The second-order valence-corrected chi connectivity index (χ2v) is 13.0. The first-order chi connectivity index (χ1) is 19.7. The quantitative estimate of drug-likeness (QED) is 0.423. The summed E-state index contributed by atoms with van der Waals surface area (Å²) in [6, 6.07) is 3.27. The van der Waals surface area contributed by atoms with Gasteiger partial charge in [0.25, 0.3) is 6.10 Å². The number of hydrogen-bond donors (Lipinski definition) is 0. The molecule has 0 bridgehead atoms. The van der Waals surface area contributed by atoms with Gasteiger partial charge in [0.1, 0.15) is 0 Å². The number of piperidine rings is 1. The number of piperazine rings is 1. The molecule has 3 aliphatic rings. The second-order valence-electron chi connectivity index (χ2n) is 11.1. The molecular formula is C25H31F9N4O4S. The minimum absolute atomic E-state index is 0.0185. The first kappa shape index (κ1) is 33.4.